The Hall–Kier alpha value is -1.06. The number of aromatic nitrogens is 1. The molecule has 0 radical (unpaired) electrons. The van der Waals surface area contributed by atoms with Crippen LogP contribution in [0.25, 0.3) is 10.9 Å². The molecule has 1 N–H and O–H groups in total. The van der Waals surface area contributed by atoms with Crippen LogP contribution in [0.2, 0.25) is 0 Å². The molecule has 1 heterocycles. The largest absolute Gasteiger partial charge is 0.387 e. The second-order valence-corrected chi connectivity index (χ2v) is 5.82. The van der Waals surface area contributed by atoms with E-state index in [0.29, 0.717) is 0 Å². The molecule has 1 fully saturated rings. The van der Waals surface area contributed by atoms with Crippen molar-refractivity contribution in [2.75, 3.05) is 6.26 Å². The molecule has 3 heteroatoms. The molecule has 2 aromatic rings. The maximum absolute atomic E-state index is 10.5. The smallest absolute Gasteiger partial charge is 0.0957 e. The summed E-state index contributed by atoms with van der Waals surface area (Å²) >= 11 is 1.77. The van der Waals surface area contributed by atoms with Crippen molar-refractivity contribution in [3.8, 4) is 0 Å². The zero-order valence-corrected chi connectivity index (χ0v) is 10.6. The van der Waals surface area contributed by atoms with E-state index in [-0.39, 0.29) is 4.75 Å². The first-order chi connectivity index (χ1) is 8.27. The van der Waals surface area contributed by atoms with Gasteiger partial charge in [-0.2, -0.15) is 11.8 Å². The van der Waals surface area contributed by atoms with Gasteiger partial charge in [-0.05, 0) is 25.2 Å². The van der Waals surface area contributed by atoms with Crippen molar-refractivity contribution in [2.24, 2.45) is 0 Å². The zero-order valence-electron chi connectivity index (χ0n) is 9.76. The Kier molecular flexibility index (Phi) is 2.60. The topological polar surface area (TPSA) is 33.1 Å². The molecule has 0 aliphatic heterocycles. The van der Waals surface area contributed by atoms with Crippen LogP contribution in [-0.4, -0.2) is 21.1 Å². The minimum absolute atomic E-state index is 0.0335. The van der Waals surface area contributed by atoms with Gasteiger partial charge in [-0.15, -0.1) is 0 Å². The molecule has 17 heavy (non-hydrogen) atoms. The van der Waals surface area contributed by atoms with Crippen LogP contribution in [0, 0.1) is 0 Å². The van der Waals surface area contributed by atoms with Crippen LogP contribution < -0.4 is 0 Å². The van der Waals surface area contributed by atoms with Crippen LogP contribution in [-0.2, 0) is 0 Å². The summed E-state index contributed by atoms with van der Waals surface area (Å²) in [7, 11) is 0. The van der Waals surface area contributed by atoms with Crippen molar-refractivity contribution in [1.82, 2.24) is 4.98 Å². The molecule has 0 saturated heterocycles. The third-order valence-corrected chi connectivity index (χ3v) is 5.05. The molecule has 1 aromatic carbocycles. The van der Waals surface area contributed by atoms with E-state index < -0.39 is 6.10 Å². The highest BCUT2D eigenvalue weighted by molar-refractivity contribution is 8.00. The van der Waals surface area contributed by atoms with Gasteiger partial charge in [0.25, 0.3) is 0 Å². The molecular weight excluding hydrogens is 230 g/mol. The normalized spacial score (nSPS) is 19.2. The van der Waals surface area contributed by atoms with Crippen LogP contribution in [0.15, 0.2) is 36.5 Å². The molecule has 1 aromatic heterocycles. The van der Waals surface area contributed by atoms with Crippen molar-refractivity contribution in [1.29, 1.82) is 0 Å². The minimum atomic E-state index is -0.406. The number of hydrogen-bond donors (Lipinski definition) is 1. The number of aliphatic hydroxyl groups is 1. The number of rotatable bonds is 3. The lowest BCUT2D eigenvalue weighted by Crippen LogP contribution is -2.16. The highest BCUT2D eigenvalue weighted by atomic mass is 32.2. The second kappa shape index (κ2) is 4.00. The summed E-state index contributed by atoms with van der Waals surface area (Å²) in [5.74, 6) is 0. The van der Waals surface area contributed by atoms with E-state index in [1.165, 1.54) is 0 Å². The summed E-state index contributed by atoms with van der Waals surface area (Å²) in [6.07, 6.45) is 5.65. The Morgan fingerprint density at radius 2 is 2.06 bits per heavy atom. The lowest BCUT2D eigenvalue weighted by molar-refractivity contribution is 0.168. The highest BCUT2D eigenvalue weighted by Crippen LogP contribution is 2.56. The van der Waals surface area contributed by atoms with Gasteiger partial charge in [0.05, 0.1) is 11.6 Å². The zero-order chi connectivity index (χ0) is 11.9. The fourth-order valence-corrected chi connectivity index (χ4v) is 3.20. The molecule has 1 aliphatic carbocycles. The Labute approximate surface area is 105 Å². The maximum Gasteiger partial charge on any atom is 0.0957 e. The van der Waals surface area contributed by atoms with Crippen LogP contribution >= 0.6 is 11.8 Å². The fourth-order valence-electron chi connectivity index (χ4n) is 2.34. The molecule has 88 valence electrons. The monoisotopic (exact) mass is 245 g/mol. The first kappa shape index (κ1) is 11.1. The molecule has 0 amide bonds. The van der Waals surface area contributed by atoms with E-state index in [0.717, 1.165) is 29.3 Å². The minimum Gasteiger partial charge on any atom is -0.387 e. The Morgan fingerprint density at radius 1 is 1.29 bits per heavy atom. The van der Waals surface area contributed by atoms with E-state index in [1.807, 2.05) is 30.3 Å². The van der Waals surface area contributed by atoms with Crippen molar-refractivity contribution in [2.45, 2.75) is 23.7 Å². The van der Waals surface area contributed by atoms with Crippen LogP contribution in [0.1, 0.15) is 24.5 Å². The van der Waals surface area contributed by atoms with Crippen LogP contribution in [0.4, 0.5) is 0 Å². The SMILES string of the molecule is CSC1(C(O)c2cccc3cccnc23)CC1. The number of para-hydroxylation sites is 1. The molecular formula is C14H15NOS. The third kappa shape index (κ3) is 1.74. The Morgan fingerprint density at radius 3 is 2.76 bits per heavy atom. The lowest BCUT2D eigenvalue weighted by atomic mass is 10.0. The first-order valence-electron chi connectivity index (χ1n) is 5.84. The molecule has 0 bridgehead atoms. The lowest BCUT2D eigenvalue weighted by Gasteiger charge is -2.21. The average molecular weight is 245 g/mol. The quantitative estimate of drug-likeness (QED) is 0.901. The van der Waals surface area contributed by atoms with E-state index in [9.17, 15) is 5.11 Å². The number of benzene rings is 1. The molecule has 1 atom stereocenters. The highest BCUT2D eigenvalue weighted by Gasteiger charge is 2.49. The summed E-state index contributed by atoms with van der Waals surface area (Å²) in [4.78, 5) is 4.41. The van der Waals surface area contributed by atoms with Gasteiger partial charge in [0.2, 0.25) is 0 Å². The predicted molar refractivity (Wildman–Crippen MR) is 72.2 cm³/mol. The van der Waals surface area contributed by atoms with Crippen molar-refractivity contribution in [3.05, 3.63) is 42.1 Å². The van der Waals surface area contributed by atoms with Gasteiger partial charge >= 0.3 is 0 Å². The van der Waals surface area contributed by atoms with Crippen LogP contribution in [0.3, 0.4) is 0 Å². The summed E-state index contributed by atoms with van der Waals surface area (Å²) in [6, 6.07) is 10.0. The molecule has 0 spiro atoms. The fraction of sp³-hybridized carbons (Fsp3) is 0.357. The maximum atomic E-state index is 10.5. The molecule has 2 nitrogen and oxygen atoms in total. The number of hydrogen-bond acceptors (Lipinski definition) is 3. The predicted octanol–water partition coefficient (Wildman–Crippen LogP) is 3.16. The van der Waals surface area contributed by atoms with Gasteiger partial charge in [-0.25, -0.2) is 0 Å². The van der Waals surface area contributed by atoms with Crippen molar-refractivity contribution in [3.63, 3.8) is 0 Å². The standard InChI is InChI=1S/C14H15NOS/c1-17-14(7-8-14)13(16)11-6-2-4-10-5-3-9-15-12(10)11/h2-6,9,13,16H,7-8H2,1H3. The van der Waals surface area contributed by atoms with E-state index >= 15 is 0 Å². The van der Waals surface area contributed by atoms with Crippen molar-refractivity contribution < 1.29 is 5.11 Å². The number of nitrogens with zero attached hydrogens (tertiary/aromatic N) is 1. The summed E-state index contributed by atoms with van der Waals surface area (Å²) in [5, 5.41) is 11.6. The van der Waals surface area contributed by atoms with Gasteiger partial charge < -0.3 is 5.11 Å². The number of aliphatic hydroxyl groups excluding tert-OH is 1. The number of pyridine rings is 1. The van der Waals surface area contributed by atoms with E-state index in [1.54, 1.807) is 18.0 Å². The third-order valence-electron chi connectivity index (χ3n) is 3.61. The molecule has 1 unspecified atom stereocenters. The summed E-state index contributed by atoms with van der Waals surface area (Å²) in [5.41, 5.74) is 1.90. The molecule has 1 aliphatic rings. The number of fused-ring (bicyclic) bond motifs is 1. The average Bonchev–Trinajstić information content (AvgIpc) is 3.18. The summed E-state index contributed by atoms with van der Waals surface area (Å²) < 4.78 is 0.0335. The molecule has 1 saturated carbocycles. The second-order valence-electron chi connectivity index (χ2n) is 4.59. The Bertz CT molecular complexity index is 545. The van der Waals surface area contributed by atoms with Gasteiger partial charge in [-0.3, -0.25) is 4.98 Å². The summed E-state index contributed by atoms with van der Waals surface area (Å²) in [6.45, 7) is 0. The van der Waals surface area contributed by atoms with Crippen LogP contribution in [0.5, 0.6) is 0 Å². The van der Waals surface area contributed by atoms with Gasteiger partial charge in [0.15, 0.2) is 0 Å². The first-order valence-corrected chi connectivity index (χ1v) is 7.06. The Balaban J connectivity index is 2.11. The molecule has 3 rings (SSSR count). The van der Waals surface area contributed by atoms with E-state index in [2.05, 4.69) is 11.2 Å². The van der Waals surface area contributed by atoms with Crippen molar-refractivity contribution >= 4 is 22.7 Å². The van der Waals surface area contributed by atoms with Gasteiger partial charge in [0, 0.05) is 21.9 Å². The van der Waals surface area contributed by atoms with Gasteiger partial charge in [-0.1, -0.05) is 24.3 Å². The number of thioether (sulfide) groups is 1. The van der Waals surface area contributed by atoms with Gasteiger partial charge in [0.1, 0.15) is 0 Å². The van der Waals surface area contributed by atoms with E-state index in [4.69, 9.17) is 0 Å².